The Balaban J connectivity index is 2.29. The zero-order valence-corrected chi connectivity index (χ0v) is 44.0. The van der Waals surface area contributed by atoms with Gasteiger partial charge in [0.05, 0.1) is 25.4 Å². The fourth-order valence-corrected chi connectivity index (χ4v) is 8.49. The lowest BCUT2D eigenvalue weighted by atomic mass is 9.99. The van der Waals surface area contributed by atoms with E-state index in [0.717, 1.165) is 89.9 Å². The van der Waals surface area contributed by atoms with E-state index in [0.29, 0.717) is 6.42 Å². The van der Waals surface area contributed by atoms with Gasteiger partial charge in [0, 0.05) is 6.42 Å². The summed E-state index contributed by atoms with van der Waals surface area (Å²) in [5, 5.41) is 54.5. The smallest absolute Gasteiger partial charge is 0.220 e. The number of unbranched alkanes of at least 4 members (excludes halogenated alkanes) is 25. The van der Waals surface area contributed by atoms with E-state index in [-0.39, 0.29) is 12.5 Å². The van der Waals surface area contributed by atoms with Crippen LogP contribution < -0.4 is 5.32 Å². The molecule has 69 heavy (non-hydrogen) atoms. The molecule has 1 aliphatic rings. The molecule has 1 rings (SSSR count). The van der Waals surface area contributed by atoms with Gasteiger partial charge in [-0.2, -0.15) is 0 Å². The normalized spacial score (nSPS) is 20.1. The largest absolute Gasteiger partial charge is 0.394 e. The first-order valence-electron chi connectivity index (χ1n) is 28.3. The monoisotopic (exact) mass is 968 g/mol. The van der Waals surface area contributed by atoms with E-state index in [9.17, 15) is 30.3 Å². The van der Waals surface area contributed by atoms with Crippen LogP contribution in [0.4, 0.5) is 0 Å². The molecule has 1 saturated heterocycles. The standard InChI is InChI=1S/C60H105NO8/c1-3-5-7-9-11-13-15-17-19-21-23-25-26-27-28-30-31-33-35-37-39-41-43-45-47-49-54(63)53(52-68-60-59(67)58(66)57(65)55(51-62)69-60)61-56(64)50-48-46-44-42-40-38-36-34-32-29-24-22-20-18-16-14-12-10-8-6-4-2/h6,8,12,14,18,20,24,29,34,36,39,41,47,49,53-55,57-60,62-63,65-67H,3-5,7,9-11,13,15-17,19,21-23,25-28,30-33,35,37-38,40,42-46,48,50-52H2,1-2H3,(H,61,64)/b8-6-,14-12-,20-18-,29-24-,36-34-,41-39+,49-47+. The summed E-state index contributed by atoms with van der Waals surface area (Å²) >= 11 is 0. The molecular weight excluding hydrogens is 863 g/mol. The number of carbonyl (C=O) groups is 1. The number of allylic oxidation sites excluding steroid dienone is 13. The van der Waals surface area contributed by atoms with Crippen LogP contribution in [0.2, 0.25) is 0 Å². The molecule has 0 saturated carbocycles. The second-order valence-corrected chi connectivity index (χ2v) is 19.3. The van der Waals surface area contributed by atoms with Crippen molar-refractivity contribution in [3.8, 4) is 0 Å². The molecular formula is C60H105NO8. The molecule has 9 nitrogen and oxygen atoms in total. The van der Waals surface area contributed by atoms with Gasteiger partial charge >= 0.3 is 0 Å². The second kappa shape index (κ2) is 49.0. The van der Waals surface area contributed by atoms with Gasteiger partial charge in [-0.05, 0) is 77.0 Å². The number of rotatable bonds is 47. The molecule has 0 bridgehead atoms. The highest BCUT2D eigenvalue weighted by atomic mass is 16.7. The van der Waals surface area contributed by atoms with Crippen molar-refractivity contribution in [2.45, 2.75) is 275 Å². The Hall–Kier alpha value is -2.63. The van der Waals surface area contributed by atoms with E-state index in [4.69, 9.17) is 9.47 Å². The van der Waals surface area contributed by atoms with E-state index in [1.165, 1.54) is 122 Å². The van der Waals surface area contributed by atoms with Gasteiger partial charge in [0.25, 0.3) is 0 Å². The highest BCUT2D eigenvalue weighted by Gasteiger charge is 2.44. The molecule has 7 unspecified atom stereocenters. The predicted molar refractivity (Wildman–Crippen MR) is 290 cm³/mol. The Morgan fingerprint density at radius 2 is 0.913 bits per heavy atom. The van der Waals surface area contributed by atoms with Crippen molar-refractivity contribution >= 4 is 5.91 Å². The molecule has 1 heterocycles. The molecule has 7 atom stereocenters. The fraction of sp³-hybridized carbons (Fsp3) is 0.750. The summed E-state index contributed by atoms with van der Waals surface area (Å²) < 4.78 is 11.2. The summed E-state index contributed by atoms with van der Waals surface area (Å²) in [5.41, 5.74) is 0. The van der Waals surface area contributed by atoms with Crippen LogP contribution in [0, 0.1) is 0 Å². The Labute approximate surface area is 422 Å². The van der Waals surface area contributed by atoms with E-state index in [2.05, 4.69) is 92.1 Å². The van der Waals surface area contributed by atoms with Gasteiger partial charge in [0.1, 0.15) is 24.4 Å². The Morgan fingerprint density at radius 1 is 0.507 bits per heavy atom. The lowest BCUT2D eigenvalue weighted by molar-refractivity contribution is -0.302. The van der Waals surface area contributed by atoms with Crippen LogP contribution in [0.3, 0.4) is 0 Å². The van der Waals surface area contributed by atoms with Gasteiger partial charge in [-0.3, -0.25) is 4.79 Å². The van der Waals surface area contributed by atoms with Crippen molar-refractivity contribution in [2.24, 2.45) is 0 Å². The highest BCUT2D eigenvalue weighted by molar-refractivity contribution is 5.76. The van der Waals surface area contributed by atoms with Crippen molar-refractivity contribution in [1.82, 2.24) is 5.32 Å². The number of hydrogen-bond donors (Lipinski definition) is 6. The van der Waals surface area contributed by atoms with Crippen LogP contribution in [0.1, 0.15) is 232 Å². The molecule has 1 amide bonds. The van der Waals surface area contributed by atoms with Crippen LogP contribution in [-0.2, 0) is 14.3 Å². The molecule has 1 fully saturated rings. The summed E-state index contributed by atoms with van der Waals surface area (Å²) in [6.07, 6.45) is 62.2. The van der Waals surface area contributed by atoms with Crippen LogP contribution >= 0.6 is 0 Å². The molecule has 0 aliphatic carbocycles. The van der Waals surface area contributed by atoms with Crippen molar-refractivity contribution in [1.29, 1.82) is 0 Å². The van der Waals surface area contributed by atoms with Gasteiger partial charge in [-0.15, -0.1) is 0 Å². The third-order valence-corrected chi connectivity index (χ3v) is 13.0. The molecule has 0 spiro atoms. The predicted octanol–water partition coefficient (Wildman–Crippen LogP) is 13.8. The molecule has 0 radical (unpaired) electrons. The van der Waals surface area contributed by atoms with Crippen molar-refractivity contribution in [3.63, 3.8) is 0 Å². The number of amides is 1. The summed E-state index contributed by atoms with van der Waals surface area (Å²) in [5.74, 6) is -0.207. The van der Waals surface area contributed by atoms with Gasteiger partial charge in [-0.1, -0.05) is 234 Å². The number of aliphatic hydroxyl groups is 5. The molecule has 398 valence electrons. The van der Waals surface area contributed by atoms with Crippen LogP contribution in [0.25, 0.3) is 0 Å². The maximum Gasteiger partial charge on any atom is 0.220 e. The molecule has 0 aromatic carbocycles. The highest BCUT2D eigenvalue weighted by Crippen LogP contribution is 2.23. The van der Waals surface area contributed by atoms with Gasteiger partial charge < -0.3 is 40.3 Å². The first-order chi connectivity index (χ1) is 33.8. The SMILES string of the molecule is CC/C=C\C/C=C\C/C=C\C/C=C\C/C=C\CCCCCCCC(=O)NC(COC1OC(CO)C(O)C(O)C1O)C(O)/C=C/CC/C=C/CCCCCCCCCCCCCCCCCCCCC. The molecule has 9 heteroatoms. The summed E-state index contributed by atoms with van der Waals surface area (Å²) in [6.45, 7) is 3.65. The zero-order valence-electron chi connectivity index (χ0n) is 44.0. The van der Waals surface area contributed by atoms with Gasteiger partial charge in [0.2, 0.25) is 5.91 Å². The number of carbonyl (C=O) groups excluding carboxylic acids is 1. The summed E-state index contributed by atoms with van der Waals surface area (Å²) in [6, 6.07) is -0.838. The maximum absolute atomic E-state index is 13.0. The lowest BCUT2D eigenvalue weighted by Crippen LogP contribution is -2.60. The molecule has 6 N–H and O–H groups in total. The summed E-state index contributed by atoms with van der Waals surface area (Å²) in [7, 11) is 0. The van der Waals surface area contributed by atoms with Crippen LogP contribution in [-0.4, -0.2) is 87.5 Å². The number of aliphatic hydroxyl groups excluding tert-OH is 5. The van der Waals surface area contributed by atoms with Crippen molar-refractivity contribution in [3.05, 3.63) is 85.1 Å². The van der Waals surface area contributed by atoms with Crippen molar-refractivity contribution < 1.29 is 39.8 Å². The minimum Gasteiger partial charge on any atom is -0.394 e. The first kappa shape index (κ1) is 64.4. The molecule has 0 aromatic rings. The Bertz CT molecular complexity index is 1350. The van der Waals surface area contributed by atoms with Gasteiger partial charge in [0.15, 0.2) is 6.29 Å². The molecule has 1 aliphatic heterocycles. The Morgan fingerprint density at radius 3 is 1.39 bits per heavy atom. The van der Waals surface area contributed by atoms with Crippen molar-refractivity contribution in [2.75, 3.05) is 13.2 Å². The Kier molecular flexibility index (Phi) is 45.7. The van der Waals surface area contributed by atoms with E-state index < -0.39 is 49.5 Å². The lowest BCUT2D eigenvalue weighted by Gasteiger charge is -2.40. The minimum atomic E-state index is -1.58. The molecule has 0 aromatic heterocycles. The zero-order chi connectivity index (χ0) is 50.1. The van der Waals surface area contributed by atoms with Gasteiger partial charge in [-0.25, -0.2) is 0 Å². The van der Waals surface area contributed by atoms with E-state index >= 15 is 0 Å². The van der Waals surface area contributed by atoms with Crippen LogP contribution in [0.15, 0.2) is 85.1 Å². The fourth-order valence-electron chi connectivity index (χ4n) is 8.49. The third kappa shape index (κ3) is 38.7. The quantitative estimate of drug-likeness (QED) is 0.0261. The number of nitrogens with one attached hydrogen (secondary N) is 1. The number of ether oxygens (including phenoxy) is 2. The first-order valence-corrected chi connectivity index (χ1v) is 28.3. The van der Waals surface area contributed by atoms with Crippen LogP contribution in [0.5, 0.6) is 0 Å². The second-order valence-electron chi connectivity index (χ2n) is 19.3. The average molecular weight is 968 g/mol. The van der Waals surface area contributed by atoms with E-state index in [1.807, 2.05) is 6.08 Å². The third-order valence-electron chi connectivity index (χ3n) is 13.0. The topological polar surface area (TPSA) is 149 Å². The minimum absolute atomic E-state index is 0.207. The maximum atomic E-state index is 13.0. The summed E-state index contributed by atoms with van der Waals surface area (Å²) in [4.78, 5) is 13.0. The average Bonchev–Trinajstić information content (AvgIpc) is 3.35. The van der Waals surface area contributed by atoms with E-state index in [1.54, 1.807) is 6.08 Å². The number of hydrogen-bond acceptors (Lipinski definition) is 8.